The van der Waals surface area contributed by atoms with Crippen LogP contribution in [0.25, 0.3) is 17.0 Å². The Morgan fingerprint density at radius 1 is 1.28 bits per heavy atom. The predicted molar refractivity (Wildman–Crippen MR) is 113 cm³/mol. The number of H-pyrrole nitrogens is 1. The van der Waals surface area contributed by atoms with E-state index in [1.165, 1.54) is 22.3 Å². The van der Waals surface area contributed by atoms with Gasteiger partial charge in [-0.2, -0.15) is 0 Å². The number of nitrogens with one attached hydrogen (secondary N) is 2. The minimum absolute atomic E-state index is 0.0699. The van der Waals surface area contributed by atoms with E-state index in [1.807, 2.05) is 31.2 Å². The Kier molecular flexibility index (Phi) is 6.92. The molecular formula is C20H25N5O3S. The highest BCUT2D eigenvalue weighted by atomic mass is 32.2. The predicted octanol–water partition coefficient (Wildman–Crippen LogP) is 2.74. The molecule has 2 N–H and O–H groups in total. The van der Waals surface area contributed by atoms with Gasteiger partial charge >= 0.3 is 0 Å². The Labute approximate surface area is 173 Å². The third-order valence-electron chi connectivity index (χ3n) is 4.12. The van der Waals surface area contributed by atoms with Crippen molar-refractivity contribution in [3.05, 3.63) is 40.7 Å². The second-order valence-corrected chi connectivity index (χ2v) is 7.86. The number of fused-ring (bicyclic) bond motifs is 1. The molecule has 2 aromatic heterocycles. The van der Waals surface area contributed by atoms with Crippen LogP contribution in [0.4, 0.5) is 0 Å². The third-order valence-corrected chi connectivity index (χ3v) is 5.06. The van der Waals surface area contributed by atoms with Gasteiger partial charge in [-0.05, 0) is 43.5 Å². The Hall–Kier alpha value is -2.81. The fourth-order valence-electron chi connectivity index (χ4n) is 2.66. The largest absolute Gasteiger partial charge is 0.494 e. The summed E-state index contributed by atoms with van der Waals surface area (Å²) in [5.74, 6) is 1.91. The molecule has 0 radical (unpaired) electrons. The van der Waals surface area contributed by atoms with E-state index in [9.17, 15) is 9.59 Å². The molecule has 0 saturated carbocycles. The van der Waals surface area contributed by atoms with E-state index >= 15 is 0 Å². The molecule has 3 aromatic rings. The number of benzene rings is 1. The van der Waals surface area contributed by atoms with Gasteiger partial charge in [0, 0.05) is 18.2 Å². The SMILES string of the molecule is CCOc1ccc(-c2nc(SCC(=O)NCCC(C)C)n3[nH]c(=O)cc3n2)cc1. The molecule has 0 aliphatic heterocycles. The average Bonchev–Trinajstić information content (AvgIpc) is 3.07. The van der Waals surface area contributed by atoms with E-state index < -0.39 is 0 Å². The molecule has 29 heavy (non-hydrogen) atoms. The van der Waals surface area contributed by atoms with Gasteiger partial charge in [0.2, 0.25) is 5.91 Å². The van der Waals surface area contributed by atoms with Crippen LogP contribution in [0.2, 0.25) is 0 Å². The van der Waals surface area contributed by atoms with Crippen LogP contribution in [0.15, 0.2) is 40.3 Å². The van der Waals surface area contributed by atoms with Gasteiger partial charge < -0.3 is 10.1 Å². The summed E-state index contributed by atoms with van der Waals surface area (Å²) in [4.78, 5) is 33.0. The summed E-state index contributed by atoms with van der Waals surface area (Å²) in [6.45, 7) is 7.39. The summed E-state index contributed by atoms with van der Waals surface area (Å²) in [5, 5.41) is 6.08. The van der Waals surface area contributed by atoms with E-state index in [2.05, 4.69) is 34.2 Å². The Morgan fingerprint density at radius 3 is 2.72 bits per heavy atom. The van der Waals surface area contributed by atoms with Gasteiger partial charge in [0.15, 0.2) is 16.6 Å². The zero-order valence-corrected chi connectivity index (χ0v) is 17.6. The van der Waals surface area contributed by atoms with Crippen LogP contribution >= 0.6 is 11.8 Å². The first-order valence-electron chi connectivity index (χ1n) is 9.58. The normalized spacial score (nSPS) is 11.2. The van der Waals surface area contributed by atoms with Crippen molar-refractivity contribution in [1.29, 1.82) is 0 Å². The minimum atomic E-state index is -0.272. The summed E-state index contributed by atoms with van der Waals surface area (Å²) in [6, 6.07) is 8.85. The van der Waals surface area contributed by atoms with E-state index in [0.29, 0.717) is 35.7 Å². The summed E-state index contributed by atoms with van der Waals surface area (Å²) in [7, 11) is 0. The number of hydrogen-bond donors (Lipinski definition) is 2. The molecule has 0 saturated heterocycles. The molecule has 2 heterocycles. The van der Waals surface area contributed by atoms with Crippen molar-refractivity contribution in [2.75, 3.05) is 18.9 Å². The van der Waals surface area contributed by atoms with Crippen LogP contribution in [0.1, 0.15) is 27.2 Å². The lowest BCUT2D eigenvalue weighted by Crippen LogP contribution is -2.27. The number of carbonyl (C=O) groups excluding carboxylic acids is 1. The zero-order chi connectivity index (χ0) is 20.8. The summed E-state index contributed by atoms with van der Waals surface area (Å²) < 4.78 is 6.97. The molecule has 3 rings (SSSR count). The van der Waals surface area contributed by atoms with Gasteiger partial charge in [0.05, 0.1) is 12.4 Å². The van der Waals surface area contributed by atoms with Crippen LogP contribution in [-0.4, -0.2) is 44.4 Å². The van der Waals surface area contributed by atoms with Crippen molar-refractivity contribution in [3.63, 3.8) is 0 Å². The molecule has 9 heteroatoms. The molecular weight excluding hydrogens is 390 g/mol. The number of aromatic amines is 1. The molecule has 0 unspecified atom stereocenters. The van der Waals surface area contributed by atoms with Gasteiger partial charge in [-0.25, -0.2) is 14.5 Å². The number of nitrogens with zero attached hydrogens (tertiary/aromatic N) is 3. The van der Waals surface area contributed by atoms with Crippen molar-refractivity contribution in [2.24, 2.45) is 5.92 Å². The lowest BCUT2D eigenvalue weighted by Gasteiger charge is -2.09. The van der Waals surface area contributed by atoms with Gasteiger partial charge in [-0.15, -0.1) is 0 Å². The quantitative estimate of drug-likeness (QED) is 0.521. The summed E-state index contributed by atoms with van der Waals surface area (Å²) in [5.41, 5.74) is 0.982. The molecule has 0 aliphatic rings. The van der Waals surface area contributed by atoms with Crippen LogP contribution < -0.4 is 15.6 Å². The third kappa shape index (κ3) is 5.60. The molecule has 0 fully saturated rings. The number of hydrogen-bond acceptors (Lipinski definition) is 6. The second kappa shape index (κ2) is 9.60. The van der Waals surface area contributed by atoms with E-state index in [1.54, 1.807) is 0 Å². The molecule has 8 nitrogen and oxygen atoms in total. The van der Waals surface area contributed by atoms with Gasteiger partial charge in [0.25, 0.3) is 5.56 Å². The molecule has 0 atom stereocenters. The van der Waals surface area contributed by atoms with Crippen molar-refractivity contribution in [1.82, 2.24) is 24.9 Å². The summed E-state index contributed by atoms with van der Waals surface area (Å²) >= 11 is 1.26. The first-order chi connectivity index (χ1) is 14.0. The first kappa shape index (κ1) is 20.9. The maximum Gasteiger partial charge on any atom is 0.266 e. The lowest BCUT2D eigenvalue weighted by atomic mass is 10.1. The van der Waals surface area contributed by atoms with E-state index in [0.717, 1.165) is 17.7 Å². The van der Waals surface area contributed by atoms with Crippen molar-refractivity contribution >= 4 is 23.3 Å². The van der Waals surface area contributed by atoms with Crippen molar-refractivity contribution in [2.45, 2.75) is 32.3 Å². The van der Waals surface area contributed by atoms with Gasteiger partial charge in [-0.1, -0.05) is 25.6 Å². The Morgan fingerprint density at radius 2 is 2.03 bits per heavy atom. The van der Waals surface area contributed by atoms with Gasteiger partial charge in [-0.3, -0.25) is 14.7 Å². The first-order valence-corrected chi connectivity index (χ1v) is 10.6. The van der Waals surface area contributed by atoms with Crippen molar-refractivity contribution in [3.8, 4) is 17.1 Å². The molecule has 0 aliphatic carbocycles. The maximum atomic E-state index is 12.1. The Bertz CT molecular complexity index is 1030. The fourth-order valence-corrected chi connectivity index (χ4v) is 3.44. The standard InChI is InChI=1S/C20H25N5O3S/c1-4-28-15-7-5-14(6-8-15)19-22-16-11-17(26)24-25(16)20(23-19)29-12-18(27)21-10-9-13(2)3/h5-8,11,13H,4,9-10,12H2,1-3H3,(H,21,27)(H,24,26). The Balaban J connectivity index is 1.80. The molecule has 1 aromatic carbocycles. The van der Waals surface area contributed by atoms with Crippen LogP contribution in [0.5, 0.6) is 5.75 Å². The van der Waals surface area contributed by atoms with Crippen LogP contribution in [-0.2, 0) is 4.79 Å². The topological polar surface area (TPSA) is 101 Å². The lowest BCUT2D eigenvalue weighted by molar-refractivity contribution is -0.118. The average molecular weight is 416 g/mol. The fraction of sp³-hybridized carbons (Fsp3) is 0.400. The zero-order valence-electron chi connectivity index (χ0n) is 16.8. The number of aromatic nitrogens is 4. The molecule has 0 spiro atoms. The highest BCUT2D eigenvalue weighted by Gasteiger charge is 2.13. The minimum Gasteiger partial charge on any atom is -0.494 e. The molecule has 1 amide bonds. The second-order valence-electron chi connectivity index (χ2n) is 6.92. The van der Waals surface area contributed by atoms with E-state index in [4.69, 9.17) is 4.74 Å². The molecule has 154 valence electrons. The van der Waals surface area contributed by atoms with Crippen molar-refractivity contribution < 1.29 is 9.53 Å². The number of amides is 1. The highest BCUT2D eigenvalue weighted by Crippen LogP contribution is 2.23. The highest BCUT2D eigenvalue weighted by molar-refractivity contribution is 7.99. The number of carbonyl (C=O) groups is 1. The monoisotopic (exact) mass is 415 g/mol. The smallest absolute Gasteiger partial charge is 0.266 e. The molecule has 0 bridgehead atoms. The number of ether oxygens (including phenoxy) is 1. The van der Waals surface area contributed by atoms with Crippen LogP contribution in [0, 0.1) is 5.92 Å². The van der Waals surface area contributed by atoms with Crippen LogP contribution in [0.3, 0.4) is 0 Å². The number of rotatable bonds is 9. The maximum absolute atomic E-state index is 12.1. The van der Waals surface area contributed by atoms with E-state index in [-0.39, 0.29) is 17.2 Å². The number of thioether (sulfide) groups is 1. The summed E-state index contributed by atoms with van der Waals surface area (Å²) in [6.07, 6.45) is 0.932. The van der Waals surface area contributed by atoms with Gasteiger partial charge in [0.1, 0.15) is 5.75 Å².